The fourth-order valence-corrected chi connectivity index (χ4v) is 6.93. The zero-order valence-corrected chi connectivity index (χ0v) is 24.9. The lowest BCUT2D eigenvalue weighted by atomic mass is 9.79. The highest BCUT2D eigenvalue weighted by molar-refractivity contribution is 6.14. The van der Waals surface area contributed by atoms with Gasteiger partial charge >= 0.3 is 0 Å². The molecule has 7 rings (SSSR count). The molecule has 0 saturated heterocycles. The van der Waals surface area contributed by atoms with Crippen LogP contribution in [0.2, 0.25) is 0 Å². The lowest BCUT2D eigenvalue weighted by Crippen LogP contribution is -2.12. The Labute approximate surface area is 254 Å². The van der Waals surface area contributed by atoms with Crippen molar-refractivity contribution in [3.63, 3.8) is 0 Å². The van der Waals surface area contributed by atoms with Gasteiger partial charge in [-0.1, -0.05) is 121 Å². The summed E-state index contributed by atoms with van der Waals surface area (Å²) in [5.74, 6) is 0.778. The Balaban J connectivity index is 1.36. The van der Waals surface area contributed by atoms with Crippen LogP contribution in [0.15, 0.2) is 131 Å². The van der Waals surface area contributed by atoms with Gasteiger partial charge < -0.3 is 0 Å². The van der Waals surface area contributed by atoms with Crippen LogP contribution in [0.5, 0.6) is 0 Å². The molecule has 0 saturated carbocycles. The molecular weight excluding hydrogens is 520 g/mol. The Bertz CT molecular complexity index is 1990. The van der Waals surface area contributed by atoms with E-state index >= 15 is 0 Å². The van der Waals surface area contributed by atoms with Crippen LogP contribution in [-0.4, -0.2) is 18.1 Å². The summed E-state index contributed by atoms with van der Waals surface area (Å²) in [4.78, 5) is 9.82. The van der Waals surface area contributed by atoms with E-state index in [9.17, 15) is 0 Å². The fourth-order valence-electron chi connectivity index (χ4n) is 6.93. The summed E-state index contributed by atoms with van der Waals surface area (Å²) >= 11 is 0. The third kappa shape index (κ3) is 5.08. The van der Waals surface area contributed by atoms with Crippen molar-refractivity contribution in [1.29, 1.82) is 0 Å². The topological polar surface area (TPSA) is 24.7 Å². The smallest absolute Gasteiger partial charge is 0.154 e. The number of aryl methyl sites for hydroxylation is 1. The molecule has 0 heterocycles. The first-order valence-electron chi connectivity index (χ1n) is 15.5. The number of hydrogen-bond acceptors (Lipinski definition) is 1. The maximum absolute atomic E-state index is 5.17. The number of rotatable bonds is 5. The predicted molar refractivity (Wildman–Crippen MR) is 186 cm³/mol. The lowest BCUT2D eigenvalue weighted by molar-refractivity contribution is 0.864. The highest BCUT2D eigenvalue weighted by Crippen LogP contribution is 2.43. The number of amidine groups is 1. The van der Waals surface area contributed by atoms with Crippen LogP contribution >= 0.6 is 0 Å². The quantitative estimate of drug-likeness (QED) is 0.117. The van der Waals surface area contributed by atoms with Gasteiger partial charge in [-0.05, 0) is 100 Å². The van der Waals surface area contributed by atoms with E-state index < -0.39 is 0 Å². The molecule has 2 nitrogen and oxygen atoms in total. The maximum atomic E-state index is 5.17. The van der Waals surface area contributed by atoms with E-state index in [1.807, 2.05) is 31.3 Å². The highest BCUT2D eigenvalue weighted by Gasteiger charge is 2.23. The van der Waals surface area contributed by atoms with E-state index in [1.54, 1.807) is 0 Å². The van der Waals surface area contributed by atoms with Gasteiger partial charge in [0, 0.05) is 11.8 Å². The Morgan fingerprint density at radius 1 is 0.698 bits per heavy atom. The molecular formula is C41H36N2. The van der Waals surface area contributed by atoms with Crippen LogP contribution in [0.3, 0.4) is 0 Å². The minimum Gasteiger partial charge on any atom is -0.258 e. The minimum atomic E-state index is -0.0186. The van der Waals surface area contributed by atoms with E-state index in [0.29, 0.717) is 0 Å². The van der Waals surface area contributed by atoms with Gasteiger partial charge in [-0.15, -0.1) is 0 Å². The van der Waals surface area contributed by atoms with Gasteiger partial charge in [-0.25, -0.2) is 4.99 Å². The van der Waals surface area contributed by atoms with Crippen LogP contribution < -0.4 is 0 Å². The fraction of sp³-hybridized carbons (Fsp3) is 0.171. The molecule has 5 aromatic rings. The molecule has 2 aliphatic carbocycles. The van der Waals surface area contributed by atoms with Crippen molar-refractivity contribution in [3.05, 3.63) is 149 Å². The minimum absolute atomic E-state index is 0.0186. The van der Waals surface area contributed by atoms with Crippen molar-refractivity contribution in [2.45, 2.75) is 45.6 Å². The third-order valence-corrected chi connectivity index (χ3v) is 8.90. The van der Waals surface area contributed by atoms with Crippen molar-refractivity contribution < 1.29 is 0 Å². The summed E-state index contributed by atoms with van der Waals surface area (Å²) in [6.45, 7) is 4.15. The molecule has 43 heavy (non-hydrogen) atoms. The summed E-state index contributed by atoms with van der Waals surface area (Å²) in [5, 5.41) is 5.42. The van der Waals surface area contributed by atoms with Gasteiger partial charge in [-0.3, -0.25) is 4.99 Å². The third-order valence-electron chi connectivity index (χ3n) is 8.90. The normalized spacial score (nSPS) is 16.1. The molecule has 0 aromatic heterocycles. The van der Waals surface area contributed by atoms with Crippen LogP contribution in [0.25, 0.3) is 38.8 Å². The van der Waals surface area contributed by atoms with Crippen molar-refractivity contribution >= 4 is 50.8 Å². The Morgan fingerprint density at radius 2 is 1.35 bits per heavy atom. The van der Waals surface area contributed by atoms with Gasteiger partial charge in [0.2, 0.25) is 0 Å². The molecule has 2 aliphatic rings. The van der Waals surface area contributed by atoms with Crippen LogP contribution in [-0.2, 0) is 6.42 Å². The molecule has 0 radical (unpaired) electrons. The molecule has 2 heteroatoms. The van der Waals surface area contributed by atoms with Gasteiger partial charge in [0.15, 0.2) is 5.84 Å². The number of benzene rings is 5. The van der Waals surface area contributed by atoms with Crippen LogP contribution in [0.1, 0.15) is 60.9 Å². The van der Waals surface area contributed by atoms with Crippen molar-refractivity contribution in [2.75, 3.05) is 0 Å². The van der Waals surface area contributed by atoms with Crippen molar-refractivity contribution in [1.82, 2.24) is 0 Å². The second kappa shape index (κ2) is 11.8. The molecule has 0 N–H and O–H groups in total. The van der Waals surface area contributed by atoms with Crippen LogP contribution in [0, 0.1) is 0 Å². The highest BCUT2D eigenvalue weighted by atomic mass is 14.9. The summed E-state index contributed by atoms with van der Waals surface area (Å²) in [7, 11) is 0. The first kappa shape index (κ1) is 27.0. The van der Waals surface area contributed by atoms with E-state index in [2.05, 4.69) is 115 Å². The second-order valence-corrected chi connectivity index (χ2v) is 11.5. The summed E-state index contributed by atoms with van der Waals surface area (Å²) in [6.07, 6.45) is 13.0. The first-order chi connectivity index (χ1) is 21.2. The molecule has 210 valence electrons. The van der Waals surface area contributed by atoms with Gasteiger partial charge in [0.1, 0.15) is 0 Å². The van der Waals surface area contributed by atoms with Gasteiger partial charge in [0.05, 0.1) is 6.04 Å². The van der Waals surface area contributed by atoms with E-state index in [0.717, 1.165) is 37.1 Å². The first-order valence-corrected chi connectivity index (χ1v) is 15.5. The lowest BCUT2D eigenvalue weighted by Gasteiger charge is -2.25. The average molecular weight is 557 g/mol. The standard InChI is InChI=1S/C41H36N2/c1-3-42-41(29-15-5-4-6-16-29)43-28(2)31-17-7-9-19-33(31)34-20-10-8-18-32(34)30-25-26-39-37-23-12-11-21-35(37)36-22-13-14-24-38(36)40(39)27-30/h3-8,10-18,20-24,27-28H,9,19,25-26H2,1-2H3/b42-3-,43-41-. The zero-order chi connectivity index (χ0) is 29.2. The molecule has 5 aromatic carbocycles. The van der Waals surface area contributed by atoms with Crippen molar-refractivity contribution in [2.24, 2.45) is 9.98 Å². The number of fused-ring (bicyclic) bond motifs is 6. The van der Waals surface area contributed by atoms with E-state index in [4.69, 9.17) is 4.99 Å². The van der Waals surface area contributed by atoms with E-state index in [1.165, 1.54) is 60.5 Å². The number of allylic oxidation sites excluding steroid dienone is 3. The number of nitrogens with zero attached hydrogens (tertiary/aromatic N) is 2. The van der Waals surface area contributed by atoms with Gasteiger partial charge in [0.25, 0.3) is 0 Å². The SMILES string of the molecule is C/C=N\C(=N/C(C)C1=C(c2ccccc2C2=Cc3c(c4ccccc4c4ccccc34)CC2)CCC=C1)c1ccccc1. The summed E-state index contributed by atoms with van der Waals surface area (Å²) in [6, 6.07) is 37.1. The second-order valence-electron chi connectivity index (χ2n) is 11.5. The summed E-state index contributed by atoms with van der Waals surface area (Å²) < 4.78 is 0. The number of hydrogen-bond donors (Lipinski definition) is 0. The maximum Gasteiger partial charge on any atom is 0.154 e. The molecule has 0 aliphatic heterocycles. The molecule has 0 amide bonds. The Hall–Kier alpha value is -4.82. The largest absolute Gasteiger partial charge is 0.258 e. The zero-order valence-electron chi connectivity index (χ0n) is 24.9. The van der Waals surface area contributed by atoms with Gasteiger partial charge in [-0.2, -0.15) is 0 Å². The molecule has 0 spiro atoms. The molecule has 1 unspecified atom stereocenters. The Kier molecular flexibility index (Phi) is 7.43. The van der Waals surface area contributed by atoms with E-state index in [-0.39, 0.29) is 6.04 Å². The molecule has 0 bridgehead atoms. The van der Waals surface area contributed by atoms with Crippen LogP contribution in [0.4, 0.5) is 0 Å². The molecule has 0 fully saturated rings. The molecule has 1 atom stereocenters. The average Bonchev–Trinajstić information content (AvgIpc) is 3.08. The monoisotopic (exact) mass is 556 g/mol. The predicted octanol–water partition coefficient (Wildman–Crippen LogP) is 10.5. The number of aliphatic imine (C=N–C) groups is 2. The Morgan fingerprint density at radius 3 is 2.12 bits per heavy atom. The summed E-state index contributed by atoms with van der Waals surface area (Å²) in [5.41, 5.74) is 10.7. The van der Waals surface area contributed by atoms with Crippen molar-refractivity contribution in [3.8, 4) is 0 Å².